The first-order chi connectivity index (χ1) is 8.74. The lowest BCUT2D eigenvalue weighted by Crippen LogP contribution is -2.06. The lowest BCUT2D eigenvalue weighted by Gasteiger charge is -2.11. The smallest absolute Gasteiger partial charge is 0.146 e. The van der Waals surface area contributed by atoms with Gasteiger partial charge >= 0.3 is 0 Å². The Balaban J connectivity index is 2.11. The zero-order chi connectivity index (χ0) is 13.0. The fraction of sp³-hybridized carbons (Fsp3) is 0.308. The number of ether oxygens (including phenoxy) is 2. The van der Waals surface area contributed by atoms with Crippen LogP contribution < -0.4 is 15.2 Å². The number of hydrogen-bond acceptors (Lipinski definition) is 4. The molecule has 0 spiro atoms. The molecule has 0 aliphatic rings. The maximum Gasteiger partial charge on any atom is 0.146 e. The van der Waals surface area contributed by atoms with Crippen LogP contribution >= 0.6 is 0 Å². The summed E-state index contributed by atoms with van der Waals surface area (Å²) in [4.78, 5) is 4.20. The molecule has 1 aromatic carbocycles. The minimum absolute atomic E-state index is 0.410. The Kier molecular flexibility index (Phi) is 3.84. The van der Waals surface area contributed by atoms with E-state index in [1.165, 1.54) is 0 Å². The number of imidazole rings is 1. The Labute approximate surface area is 106 Å². The average molecular weight is 247 g/mol. The van der Waals surface area contributed by atoms with Gasteiger partial charge < -0.3 is 19.8 Å². The third-order valence-corrected chi connectivity index (χ3v) is 2.77. The minimum Gasteiger partial charge on any atom is -0.497 e. The van der Waals surface area contributed by atoms with Gasteiger partial charge in [-0.2, -0.15) is 0 Å². The van der Waals surface area contributed by atoms with Crippen LogP contribution in [0.25, 0.3) is 0 Å². The van der Waals surface area contributed by atoms with Crippen molar-refractivity contribution >= 4 is 0 Å². The van der Waals surface area contributed by atoms with Crippen LogP contribution in [0.2, 0.25) is 0 Å². The van der Waals surface area contributed by atoms with E-state index in [4.69, 9.17) is 15.2 Å². The average Bonchev–Trinajstić information content (AvgIpc) is 2.81. The second-order valence-electron chi connectivity index (χ2n) is 3.92. The summed E-state index contributed by atoms with van der Waals surface area (Å²) in [7, 11) is 3.56. The topological polar surface area (TPSA) is 62.3 Å². The SMILES string of the molecule is COc1ccc(OCc2nccn2C)c(CN)c1. The van der Waals surface area contributed by atoms with Gasteiger partial charge in [-0.15, -0.1) is 0 Å². The largest absolute Gasteiger partial charge is 0.497 e. The van der Waals surface area contributed by atoms with Gasteiger partial charge in [-0.3, -0.25) is 0 Å². The first-order valence-electron chi connectivity index (χ1n) is 5.70. The summed E-state index contributed by atoms with van der Waals surface area (Å²) in [5.41, 5.74) is 6.62. The normalized spacial score (nSPS) is 10.4. The number of hydrogen-bond donors (Lipinski definition) is 1. The molecule has 0 fully saturated rings. The predicted molar refractivity (Wildman–Crippen MR) is 68.4 cm³/mol. The summed E-state index contributed by atoms with van der Waals surface area (Å²) in [5, 5.41) is 0. The Hall–Kier alpha value is -2.01. The van der Waals surface area contributed by atoms with Gasteiger partial charge in [0, 0.05) is 31.5 Å². The Morgan fingerprint density at radius 3 is 2.83 bits per heavy atom. The van der Waals surface area contributed by atoms with Crippen molar-refractivity contribution in [1.82, 2.24) is 9.55 Å². The molecule has 2 aromatic rings. The molecule has 2 rings (SSSR count). The number of benzene rings is 1. The van der Waals surface area contributed by atoms with Crippen molar-refractivity contribution in [2.75, 3.05) is 7.11 Å². The first kappa shape index (κ1) is 12.4. The van der Waals surface area contributed by atoms with E-state index in [0.717, 1.165) is 22.9 Å². The van der Waals surface area contributed by atoms with Gasteiger partial charge in [0.05, 0.1) is 7.11 Å². The molecule has 18 heavy (non-hydrogen) atoms. The van der Waals surface area contributed by atoms with Gasteiger partial charge in [0.1, 0.15) is 23.9 Å². The van der Waals surface area contributed by atoms with E-state index in [9.17, 15) is 0 Å². The summed E-state index contributed by atoms with van der Waals surface area (Å²) in [6, 6.07) is 5.60. The van der Waals surface area contributed by atoms with Crippen molar-refractivity contribution in [3.63, 3.8) is 0 Å². The summed E-state index contributed by atoms with van der Waals surface area (Å²) in [6.45, 7) is 0.829. The molecule has 2 N–H and O–H groups in total. The maximum atomic E-state index is 5.73. The van der Waals surface area contributed by atoms with Gasteiger partial charge in [-0.25, -0.2) is 4.98 Å². The molecule has 5 heteroatoms. The minimum atomic E-state index is 0.410. The molecule has 0 saturated carbocycles. The number of nitrogens with zero attached hydrogens (tertiary/aromatic N) is 2. The fourth-order valence-electron chi connectivity index (χ4n) is 1.66. The molecular formula is C13H17N3O2. The van der Waals surface area contributed by atoms with E-state index in [1.807, 2.05) is 36.0 Å². The molecular weight excluding hydrogens is 230 g/mol. The van der Waals surface area contributed by atoms with Gasteiger partial charge in [0.25, 0.3) is 0 Å². The van der Waals surface area contributed by atoms with Crippen LogP contribution in [0, 0.1) is 0 Å². The van der Waals surface area contributed by atoms with Crippen LogP contribution in [0.3, 0.4) is 0 Å². The molecule has 96 valence electrons. The van der Waals surface area contributed by atoms with Crippen molar-refractivity contribution in [1.29, 1.82) is 0 Å². The molecule has 0 aliphatic carbocycles. The van der Waals surface area contributed by atoms with Crippen LogP contribution in [0.1, 0.15) is 11.4 Å². The van der Waals surface area contributed by atoms with Crippen molar-refractivity contribution in [3.05, 3.63) is 42.0 Å². The Bertz CT molecular complexity index is 523. The lowest BCUT2D eigenvalue weighted by molar-refractivity contribution is 0.288. The third-order valence-electron chi connectivity index (χ3n) is 2.77. The van der Waals surface area contributed by atoms with E-state index >= 15 is 0 Å². The van der Waals surface area contributed by atoms with Gasteiger partial charge in [0.15, 0.2) is 0 Å². The van der Waals surface area contributed by atoms with Crippen molar-refractivity contribution in [2.24, 2.45) is 12.8 Å². The van der Waals surface area contributed by atoms with Crippen LogP contribution in [-0.2, 0) is 20.2 Å². The molecule has 0 saturated heterocycles. The van der Waals surface area contributed by atoms with Crippen LogP contribution in [0.5, 0.6) is 11.5 Å². The summed E-state index contributed by atoms with van der Waals surface area (Å²) in [6.07, 6.45) is 3.63. The quantitative estimate of drug-likeness (QED) is 0.869. The van der Waals surface area contributed by atoms with Crippen molar-refractivity contribution < 1.29 is 9.47 Å². The third kappa shape index (κ3) is 2.62. The van der Waals surface area contributed by atoms with E-state index in [2.05, 4.69) is 4.98 Å². The molecule has 0 atom stereocenters. The molecule has 0 unspecified atom stereocenters. The van der Waals surface area contributed by atoms with E-state index in [-0.39, 0.29) is 0 Å². The van der Waals surface area contributed by atoms with Gasteiger partial charge in [0.2, 0.25) is 0 Å². The zero-order valence-corrected chi connectivity index (χ0v) is 10.6. The molecule has 1 heterocycles. The molecule has 5 nitrogen and oxygen atoms in total. The second kappa shape index (κ2) is 5.55. The Morgan fingerprint density at radius 1 is 1.39 bits per heavy atom. The van der Waals surface area contributed by atoms with Gasteiger partial charge in [-0.05, 0) is 18.2 Å². The van der Waals surface area contributed by atoms with E-state index < -0.39 is 0 Å². The monoisotopic (exact) mass is 247 g/mol. The van der Waals surface area contributed by atoms with Crippen LogP contribution in [-0.4, -0.2) is 16.7 Å². The highest BCUT2D eigenvalue weighted by atomic mass is 16.5. The summed E-state index contributed by atoms with van der Waals surface area (Å²) < 4.78 is 12.8. The highest BCUT2D eigenvalue weighted by molar-refractivity contribution is 5.40. The van der Waals surface area contributed by atoms with Crippen molar-refractivity contribution in [3.8, 4) is 11.5 Å². The molecule has 0 bridgehead atoms. The molecule has 1 aromatic heterocycles. The number of rotatable bonds is 5. The molecule has 0 aliphatic heterocycles. The van der Waals surface area contributed by atoms with Crippen LogP contribution in [0.15, 0.2) is 30.6 Å². The highest BCUT2D eigenvalue weighted by Crippen LogP contribution is 2.24. The highest BCUT2D eigenvalue weighted by Gasteiger charge is 2.06. The number of nitrogens with two attached hydrogens (primary N) is 1. The standard InChI is InChI=1S/C13H17N3O2/c1-16-6-5-15-13(16)9-18-12-4-3-11(17-2)7-10(12)8-14/h3-7H,8-9,14H2,1-2H3. The molecule has 0 amide bonds. The predicted octanol–water partition coefficient (Wildman–Crippen LogP) is 1.47. The van der Waals surface area contributed by atoms with E-state index in [1.54, 1.807) is 13.3 Å². The molecule has 0 radical (unpaired) electrons. The second-order valence-corrected chi connectivity index (χ2v) is 3.92. The number of aryl methyl sites for hydroxylation is 1. The fourth-order valence-corrected chi connectivity index (χ4v) is 1.66. The van der Waals surface area contributed by atoms with Crippen LogP contribution in [0.4, 0.5) is 0 Å². The van der Waals surface area contributed by atoms with Gasteiger partial charge in [-0.1, -0.05) is 0 Å². The summed E-state index contributed by atoms with van der Waals surface area (Å²) in [5.74, 6) is 2.41. The lowest BCUT2D eigenvalue weighted by atomic mass is 10.2. The summed E-state index contributed by atoms with van der Waals surface area (Å²) >= 11 is 0. The van der Waals surface area contributed by atoms with E-state index in [0.29, 0.717) is 13.2 Å². The zero-order valence-electron chi connectivity index (χ0n) is 10.6. The number of methoxy groups -OCH3 is 1. The van der Waals surface area contributed by atoms with Crippen molar-refractivity contribution in [2.45, 2.75) is 13.2 Å². The number of aromatic nitrogens is 2. The Morgan fingerprint density at radius 2 is 2.22 bits per heavy atom. The maximum absolute atomic E-state index is 5.73. The first-order valence-corrected chi connectivity index (χ1v) is 5.70.